The minimum atomic E-state index is -0.0183. The van der Waals surface area contributed by atoms with E-state index in [-0.39, 0.29) is 17.4 Å². The Morgan fingerprint density at radius 2 is 1.86 bits per heavy atom. The highest BCUT2D eigenvalue weighted by Gasteiger charge is 2.36. The number of nitrogens with one attached hydrogen (secondary N) is 1. The summed E-state index contributed by atoms with van der Waals surface area (Å²) < 4.78 is 0. The molecule has 2 aliphatic rings. The first-order valence-corrected chi connectivity index (χ1v) is 7.95. The third kappa shape index (κ3) is 2.93. The lowest BCUT2D eigenvalue weighted by atomic mass is 9.76. The van der Waals surface area contributed by atoms with E-state index in [1.165, 1.54) is 5.56 Å². The maximum Gasteiger partial charge on any atom is 0.317 e. The van der Waals surface area contributed by atoms with Crippen molar-refractivity contribution in [1.29, 1.82) is 0 Å². The zero-order valence-corrected chi connectivity index (χ0v) is 13.0. The van der Waals surface area contributed by atoms with E-state index in [1.54, 1.807) is 4.90 Å². The van der Waals surface area contributed by atoms with Gasteiger partial charge in [0.25, 0.3) is 0 Å². The molecule has 0 bridgehead atoms. The minimum absolute atomic E-state index is 0.00242. The van der Waals surface area contributed by atoms with Gasteiger partial charge in [-0.3, -0.25) is 4.79 Å². The fourth-order valence-electron chi connectivity index (χ4n) is 3.38. The standard InChI is InChI=1S/C17H23N3O2/c1-17(14-5-3-2-4-6-14)8-7-15(21)20(13-17)12-11-19-10-9-18-16(19)22/h2-6H,7-13H2,1H3,(H,18,22). The van der Waals surface area contributed by atoms with Gasteiger partial charge in [0.15, 0.2) is 0 Å². The molecular weight excluding hydrogens is 278 g/mol. The van der Waals surface area contributed by atoms with Crippen molar-refractivity contribution in [2.24, 2.45) is 0 Å². The van der Waals surface area contributed by atoms with Gasteiger partial charge in [-0.1, -0.05) is 37.3 Å². The topological polar surface area (TPSA) is 52.7 Å². The van der Waals surface area contributed by atoms with Crippen molar-refractivity contribution in [2.75, 3.05) is 32.7 Å². The van der Waals surface area contributed by atoms with Crippen molar-refractivity contribution in [2.45, 2.75) is 25.2 Å². The molecule has 1 aromatic carbocycles. The fourth-order valence-corrected chi connectivity index (χ4v) is 3.38. The Hall–Kier alpha value is -2.04. The highest BCUT2D eigenvalue weighted by molar-refractivity contribution is 5.78. The second-order valence-corrected chi connectivity index (χ2v) is 6.46. The second kappa shape index (κ2) is 5.99. The fraction of sp³-hybridized carbons (Fsp3) is 0.529. The molecule has 0 radical (unpaired) electrons. The summed E-state index contributed by atoms with van der Waals surface area (Å²) in [6, 6.07) is 10.4. The number of urea groups is 1. The molecule has 118 valence electrons. The lowest BCUT2D eigenvalue weighted by molar-refractivity contribution is -0.135. The van der Waals surface area contributed by atoms with Gasteiger partial charge >= 0.3 is 6.03 Å². The average molecular weight is 301 g/mol. The van der Waals surface area contributed by atoms with Gasteiger partial charge in [-0.25, -0.2) is 4.79 Å². The highest BCUT2D eigenvalue weighted by Crippen LogP contribution is 2.33. The van der Waals surface area contributed by atoms with Crippen LogP contribution < -0.4 is 5.32 Å². The zero-order valence-electron chi connectivity index (χ0n) is 13.0. The molecule has 3 rings (SSSR count). The number of benzene rings is 1. The Kier molecular flexibility index (Phi) is 4.05. The van der Waals surface area contributed by atoms with Gasteiger partial charge in [-0.05, 0) is 12.0 Å². The van der Waals surface area contributed by atoms with Gasteiger partial charge in [-0.15, -0.1) is 0 Å². The van der Waals surface area contributed by atoms with Crippen molar-refractivity contribution < 1.29 is 9.59 Å². The van der Waals surface area contributed by atoms with Crippen LogP contribution in [0.1, 0.15) is 25.3 Å². The van der Waals surface area contributed by atoms with Gasteiger partial charge in [0.2, 0.25) is 5.91 Å². The van der Waals surface area contributed by atoms with E-state index >= 15 is 0 Å². The molecule has 2 aliphatic heterocycles. The van der Waals surface area contributed by atoms with E-state index < -0.39 is 0 Å². The number of carbonyl (C=O) groups excluding carboxylic acids is 2. The van der Waals surface area contributed by atoms with Crippen LogP contribution in [0.15, 0.2) is 30.3 Å². The third-order valence-electron chi connectivity index (χ3n) is 4.84. The molecule has 22 heavy (non-hydrogen) atoms. The highest BCUT2D eigenvalue weighted by atomic mass is 16.2. The number of amides is 3. The van der Waals surface area contributed by atoms with Crippen LogP contribution in [0.2, 0.25) is 0 Å². The van der Waals surface area contributed by atoms with Crippen LogP contribution in [0.3, 0.4) is 0 Å². The quantitative estimate of drug-likeness (QED) is 0.918. The predicted octanol–water partition coefficient (Wildman–Crippen LogP) is 1.59. The number of hydrogen-bond donors (Lipinski definition) is 1. The Bertz CT molecular complexity index is 560. The first-order valence-electron chi connectivity index (χ1n) is 7.95. The summed E-state index contributed by atoms with van der Waals surface area (Å²) >= 11 is 0. The summed E-state index contributed by atoms with van der Waals surface area (Å²) in [7, 11) is 0. The first kappa shape index (κ1) is 14.9. The van der Waals surface area contributed by atoms with Crippen LogP contribution in [0.25, 0.3) is 0 Å². The molecule has 0 aromatic heterocycles. The van der Waals surface area contributed by atoms with E-state index in [0.717, 1.165) is 19.5 Å². The molecule has 2 saturated heterocycles. The van der Waals surface area contributed by atoms with Crippen LogP contribution in [0, 0.1) is 0 Å². The Balaban J connectivity index is 1.66. The van der Waals surface area contributed by atoms with Crippen molar-refractivity contribution >= 4 is 11.9 Å². The summed E-state index contributed by atoms with van der Waals surface area (Å²) in [5, 5.41) is 2.79. The molecule has 1 unspecified atom stereocenters. The van der Waals surface area contributed by atoms with Crippen molar-refractivity contribution in [3.05, 3.63) is 35.9 Å². The molecule has 1 N–H and O–H groups in total. The molecule has 0 saturated carbocycles. The number of carbonyl (C=O) groups is 2. The van der Waals surface area contributed by atoms with Gasteiger partial charge in [0.05, 0.1) is 0 Å². The van der Waals surface area contributed by atoms with E-state index in [0.29, 0.717) is 26.1 Å². The largest absolute Gasteiger partial charge is 0.340 e. The van der Waals surface area contributed by atoms with E-state index in [1.807, 2.05) is 11.0 Å². The summed E-state index contributed by atoms with van der Waals surface area (Å²) in [5.41, 5.74) is 1.29. The number of piperidine rings is 1. The predicted molar refractivity (Wildman–Crippen MR) is 84.6 cm³/mol. The Morgan fingerprint density at radius 3 is 2.55 bits per heavy atom. The maximum atomic E-state index is 12.2. The Morgan fingerprint density at radius 1 is 1.14 bits per heavy atom. The van der Waals surface area contributed by atoms with Crippen LogP contribution in [-0.4, -0.2) is 54.5 Å². The summed E-state index contributed by atoms with van der Waals surface area (Å²) in [6.07, 6.45) is 1.47. The van der Waals surface area contributed by atoms with Crippen LogP contribution in [0.5, 0.6) is 0 Å². The summed E-state index contributed by atoms with van der Waals surface area (Å²) in [6.45, 7) is 5.62. The minimum Gasteiger partial charge on any atom is -0.340 e. The lowest BCUT2D eigenvalue weighted by Crippen LogP contribution is -2.50. The number of nitrogens with zero attached hydrogens (tertiary/aromatic N) is 2. The molecular formula is C17H23N3O2. The molecule has 2 fully saturated rings. The zero-order chi connectivity index (χ0) is 15.6. The molecule has 5 nitrogen and oxygen atoms in total. The van der Waals surface area contributed by atoms with Gasteiger partial charge in [-0.2, -0.15) is 0 Å². The first-order chi connectivity index (χ1) is 10.6. The second-order valence-electron chi connectivity index (χ2n) is 6.46. The van der Waals surface area contributed by atoms with Crippen LogP contribution in [0.4, 0.5) is 4.79 Å². The van der Waals surface area contributed by atoms with Crippen molar-refractivity contribution in [3.8, 4) is 0 Å². The lowest BCUT2D eigenvalue weighted by Gasteiger charge is -2.41. The smallest absolute Gasteiger partial charge is 0.317 e. The van der Waals surface area contributed by atoms with E-state index in [2.05, 4.69) is 36.5 Å². The van der Waals surface area contributed by atoms with Crippen LogP contribution in [-0.2, 0) is 10.2 Å². The molecule has 3 amide bonds. The molecule has 0 aliphatic carbocycles. The summed E-state index contributed by atoms with van der Waals surface area (Å²) in [4.78, 5) is 27.5. The number of likely N-dealkylation sites (tertiary alicyclic amines) is 1. The van der Waals surface area contributed by atoms with Crippen molar-refractivity contribution in [3.63, 3.8) is 0 Å². The number of hydrogen-bond acceptors (Lipinski definition) is 2. The van der Waals surface area contributed by atoms with Crippen LogP contribution >= 0.6 is 0 Å². The molecule has 1 aromatic rings. The maximum absolute atomic E-state index is 12.2. The van der Waals surface area contributed by atoms with E-state index in [9.17, 15) is 9.59 Å². The van der Waals surface area contributed by atoms with Gasteiger partial charge in [0.1, 0.15) is 0 Å². The molecule has 2 heterocycles. The van der Waals surface area contributed by atoms with Crippen molar-refractivity contribution in [1.82, 2.24) is 15.1 Å². The van der Waals surface area contributed by atoms with E-state index in [4.69, 9.17) is 0 Å². The molecule has 5 heteroatoms. The number of rotatable bonds is 4. The molecule has 0 spiro atoms. The van der Waals surface area contributed by atoms with Gasteiger partial charge < -0.3 is 15.1 Å². The Labute approximate surface area is 131 Å². The SMILES string of the molecule is CC1(c2ccccc2)CCC(=O)N(CCN2CCNC2=O)C1. The normalized spacial score (nSPS) is 25.5. The monoisotopic (exact) mass is 301 g/mol. The average Bonchev–Trinajstić information content (AvgIpc) is 2.94. The molecule has 1 atom stereocenters. The summed E-state index contributed by atoms with van der Waals surface area (Å²) in [5.74, 6) is 0.202. The van der Waals surface area contributed by atoms with Gasteiger partial charge in [0, 0.05) is 44.6 Å². The third-order valence-corrected chi connectivity index (χ3v) is 4.84.